The molecular formula is C42H32F6N4O7. The van der Waals surface area contributed by atoms with E-state index in [4.69, 9.17) is 9.47 Å². The van der Waals surface area contributed by atoms with Gasteiger partial charge in [0.25, 0.3) is 11.4 Å². The van der Waals surface area contributed by atoms with Crippen LogP contribution in [0.3, 0.4) is 0 Å². The molecule has 304 valence electrons. The van der Waals surface area contributed by atoms with Crippen LogP contribution >= 0.6 is 0 Å². The van der Waals surface area contributed by atoms with Gasteiger partial charge in [0.15, 0.2) is 0 Å². The second kappa shape index (κ2) is 15.6. The zero-order valence-electron chi connectivity index (χ0n) is 30.6. The van der Waals surface area contributed by atoms with E-state index in [1.807, 2.05) is 30.3 Å². The Morgan fingerprint density at radius 2 is 1.14 bits per heavy atom. The molecule has 8 rings (SSSR count). The number of hydrogen-bond donors (Lipinski definition) is 1. The van der Waals surface area contributed by atoms with Crippen molar-refractivity contribution in [2.45, 2.75) is 36.6 Å². The molecule has 11 nitrogen and oxygen atoms in total. The standard InChI is InChI=1S/C24H19F3N2O4.C18H13F3N2O3/c25-24(26,27)23(30,16-33-19-9-5-2-6-10-19)21-15-28(14-17-7-3-1-4-8-17)22-13-18(29(31)32)11-12-20(21)22;19-18(20,21)17(11-26-17)15-10-22(9-12-4-2-1-3-5-12)16-8-13(23(24)25)6-7-14(15)16/h1-13,15,30H,14,16H2;1-8,10H,9,11H2. The average molecular weight is 819 g/mol. The number of alkyl halides is 6. The van der Waals surface area contributed by atoms with Gasteiger partial charge >= 0.3 is 12.4 Å². The molecule has 5 aromatic carbocycles. The van der Waals surface area contributed by atoms with Crippen LogP contribution in [0.15, 0.2) is 140 Å². The number of epoxide rings is 1. The number of nitro benzene ring substituents is 2. The maximum absolute atomic E-state index is 14.2. The van der Waals surface area contributed by atoms with Crippen molar-refractivity contribution in [1.29, 1.82) is 0 Å². The Labute approximate surface area is 330 Å². The first-order valence-electron chi connectivity index (χ1n) is 17.8. The van der Waals surface area contributed by atoms with Crippen LogP contribution in [-0.2, 0) is 29.0 Å². The minimum Gasteiger partial charge on any atom is -0.490 e. The van der Waals surface area contributed by atoms with Gasteiger partial charge in [-0.1, -0.05) is 78.9 Å². The van der Waals surface area contributed by atoms with E-state index in [0.717, 1.165) is 17.2 Å². The summed E-state index contributed by atoms with van der Waals surface area (Å²) >= 11 is 0. The normalized spacial score (nSPS) is 16.3. The summed E-state index contributed by atoms with van der Waals surface area (Å²) in [6, 6.07) is 33.4. The number of nitro groups is 2. The zero-order chi connectivity index (χ0) is 42.2. The summed E-state index contributed by atoms with van der Waals surface area (Å²) in [5.41, 5.74) is -4.33. The van der Waals surface area contributed by atoms with Gasteiger partial charge < -0.3 is 23.7 Å². The lowest BCUT2D eigenvalue weighted by molar-refractivity contribution is -0.384. The third kappa shape index (κ3) is 8.06. The molecule has 0 bridgehead atoms. The number of hydrogen-bond acceptors (Lipinski definition) is 7. The molecule has 2 unspecified atom stereocenters. The van der Waals surface area contributed by atoms with Crippen molar-refractivity contribution < 1.29 is 50.8 Å². The molecule has 1 aliphatic rings. The Bertz CT molecular complexity index is 2630. The van der Waals surface area contributed by atoms with Crippen LogP contribution in [0.1, 0.15) is 22.3 Å². The molecule has 0 amide bonds. The number of benzene rings is 5. The summed E-state index contributed by atoms with van der Waals surface area (Å²) < 4.78 is 96.4. The van der Waals surface area contributed by atoms with E-state index < -0.39 is 52.2 Å². The zero-order valence-corrected chi connectivity index (χ0v) is 30.6. The highest BCUT2D eigenvalue weighted by molar-refractivity contribution is 5.88. The van der Waals surface area contributed by atoms with Gasteiger partial charge in [0.1, 0.15) is 12.4 Å². The average Bonchev–Trinajstić information content (AvgIpc) is 3.86. The highest BCUT2D eigenvalue weighted by atomic mass is 19.4. The number of halogens is 6. The molecule has 17 heteroatoms. The monoisotopic (exact) mass is 818 g/mol. The fourth-order valence-electron chi connectivity index (χ4n) is 6.82. The summed E-state index contributed by atoms with van der Waals surface area (Å²) in [7, 11) is 0. The number of ether oxygens (including phenoxy) is 2. The molecule has 3 heterocycles. The van der Waals surface area contributed by atoms with Gasteiger partial charge in [-0.15, -0.1) is 0 Å². The van der Waals surface area contributed by atoms with Crippen LogP contribution in [0.4, 0.5) is 37.7 Å². The molecular weight excluding hydrogens is 786 g/mol. The van der Waals surface area contributed by atoms with E-state index in [9.17, 15) is 51.7 Å². The van der Waals surface area contributed by atoms with E-state index in [1.165, 1.54) is 59.4 Å². The Kier molecular flexibility index (Phi) is 10.7. The number of nitrogens with zero attached hydrogens (tertiary/aromatic N) is 4. The van der Waals surface area contributed by atoms with Crippen LogP contribution in [0.2, 0.25) is 0 Å². The molecule has 1 fully saturated rings. The molecule has 1 N–H and O–H groups in total. The van der Waals surface area contributed by atoms with E-state index in [1.54, 1.807) is 53.1 Å². The summed E-state index contributed by atoms with van der Waals surface area (Å²) in [4.78, 5) is 21.2. The van der Waals surface area contributed by atoms with Crippen LogP contribution in [0.5, 0.6) is 5.75 Å². The highest BCUT2D eigenvalue weighted by Gasteiger charge is 2.68. The van der Waals surface area contributed by atoms with E-state index >= 15 is 0 Å². The Hall–Kier alpha value is -6.72. The van der Waals surface area contributed by atoms with Gasteiger partial charge in [0.05, 0.1) is 27.5 Å². The SMILES string of the molecule is O=[N+]([O-])c1ccc2c(C(O)(COc3ccccc3)C(F)(F)F)cn(Cc3ccccc3)c2c1.O=[N+]([O-])c1ccc2c(C3(C(F)(F)F)CO3)cn(Cc3ccccc3)c2c1. The molecule has 1 saturated heterocycles. The Morgan fingerprint density at radius 3 is 1.59 bits per heavy atom. The van der Waals surface area contributed by atoms with Crippen LogP contribution < -0.4 is 4.74 Å². The van der Waals surface area contributed by atoms with Crippen molar-refractivity contribution in [3.8, 4) is 5.75 Å². The van der Waals surface area contributed by atoms with Gasteiger partial charge in [0, 0.05) is 71.6 Å². The lowest BCUT2D eigenvalue weighted by atomic mass is 9.93. The second-order valence-corrected chi connectivity index (χ2v) is 13.8. The van der Waals surface area contributed by atoms with Crippen molar-refractivity contribution in [2.75, 3.05) is 13.2 Å². The lowest BCUT2D eigenvalue weighted by Gasteiger charge is -2.30. The van der Waals surface area contributed by atoms with E-state index in [2.05, 4.69) is 0 Å². The van der Waals surface area contributed by atoms with Crippen molar-refractivity contribution >= 4 is 33.2 Å². The Morgan fingerprint density at radius 1 is 0.678 bits per heavy atom. The first-order chi connectivity index (χ1) is 28.0. The fraction of sp³-hybridized carbons (Fsp3) is 0.190. The molecule has 1 aliphatic heterocycles. The minimum atomic E-state index is -5.07. The molecule has 2 atom stereocenters. The number of non-ortho nitro benzene ring substituents is 2. The second-order valence-electron chi connectivity index (χ2n) is 13.8. The number of rotatable bonds is 11. The summed E-state index contributed by atoms with van der Waals surface area (Å²) in [6.45, 7) is -1.07. The highest BCUT2D eigenvalue weighted by Crippen LogP contribution is 2.54. The van der Waals surface area contributed by atoms with Gasteiger partial charge in [-0.2, -0.15) is 26.3 Å². The summed E-state index contributed by atoms with van der Waals surface area (Å²) in [5, 5.41) is 33.7. The number of fused-ring (bicyclic) bond motifs is 2. The molecule has 0 saturated carbocycles. The minimum absolute atomic E-state index is 0.00849. The lowest BCUT2D eigenvalue weighted by Crippen LogP contribution is -2.47. The van der Waals surface area contributed by atoms with Gasteiger partial charge in [-0.05, 0) is 35.4 Å². The third-order valence-corrected chi connectivity index (χ3v) is 9.98. The third-order valence-electron chi connectivity index (χ3n) is 9.98. The summed E-state index contributed by atoms with van der Waals surface area (Å²) in [5.74, 6) is 0.170. The van der Waals surface area contributed by atoms with Crippen LogP contribution in [-0.4, -0.2) is 49.7 Å². The maximum Gasteiger partial charge on any atom is 0.424 e. The molecule has 59 heavy (non-hydrogen) atoms. The molecule has 7 aromatic rings. The molecule has 2 aromatic heterocycles. The van der Waals surface area contributed by atoms with Crippen molar-refractivity contribution in [2.24, 2.45) is 0 Å². The number of para-hydroxylation sites is 1. The van der Waals surface area contributed by atoms with Crippen LogP contribution in [0.25, 0.3) is 21.8 Å². The van der Waals surface area contributed by atoms with E-state index in [0.29, 0.717) is 17.4 Å². The van der Waals surface area contributed by atoms with Crippen LogP contribution in [0, 0.1) is 20.2 Å². The van der Waals surface area contributed by atoms with Gasteiger partial charge in [0.2, 0.25) is 11.2 Å². The molecule has 0 spiro atoms. The molecule has 0 radical (unpaired) electrons. The first kappa shape index (κ1) is 40.5. The Balaban J connectivity index is 0.000000184. The van der Waals surface area contributed by atoms with Crippen molar-refractivity contribution in [1.82, 2.24) is 9.13 Å². The van der Waals surface area contributed by atoms with Gasteiger partial charge in [-0.3, -0.25) is 20.2 Å². The van der Waals surface area contributed by atoms with E-state index in [-0.39, 0.29) is 40.1 Å². The maximum atomic E-state index is 14.2. The number of aliphatic hydroxyl groups is 1. The predicted molar refractivity (Wildman–Crippen MR) is 204 cm³/mol. The first-order valence-corrected chi connectivity index (χ1v) is 17.8. The predicted octanol–water partition coefficient (Wildman–Crippen LogP) is 9.81. The quantitative estimate of drug-likeness (QED) is 0.0594. The summed E-state index contributed by atoms with van der Waals surface area (Å²) in [6.07, 6.45) is -7.05. The van der Waals surface area contributed by atoms with Crippen molar-refractivity contribution in [3.05, 3.63) is 182 Å². The van der Waals surface area contributed by atoms with Crippen molar-refractivity contribution in [3.63, 3.8) is 0 Å². The fourth-order valence-corrected chi connectivity index (χ4v) is 6.82. The smallest absolute Gasteiger partial charge is 0.424 e. The largest absolute Gasteiger partial charge is 0.490 e. The van der Waals surface area contributed by atoms with Gasteiger partial charge in [-0.25, -0.2) is 0 Å². The molecule has 0 aliphatic carbocycles. The number of aromatic nitrogens is 2. The topological polar surface area (TPSA) is 138 Å².